The van der Waals surface area contributed by atoms with Gasteiger partial charge in [0.1, 0.15) is 12.4 Å². The lowest BCUT2D eigenvalue weighted by Crippen LogP contribution is -2.33. The number of carbonyl (C=O) groups is 2. The Labute approximate surface area is 133 Å². The molecular weight excluding hydrogens is 301 g/mol. The first-order valence-corrected chi connectivity index (χ1v) is 6.93. The average Bonchev–Trinajstić information content (AvgIpc) is 2.53. The van der Waals surface area contributed by atoms with E-state index in [1.54, 1.807) is 30.3 Å². The molecule has 0 radical (unpaired) electrons. The molecule has 0 aliphatic carbocycles. The molecule has 0 heterocycles. The van der Waals surface area contributed by atoms with Gasteiger partial charge in [-0.05, 0) is 29.8 Å². The van der Waals surface area contributed by atoms with Gasteiger partial charge >= 0.3 is 5.97 Å². The number of ether oxygens (including phenoxy) is 2. The molecule has 1 amide bonds. The largest absolute Gasteiger partial charge is 0.493 e. The maximum absolute atomic E-state index is 13.0. The first kappa shape index (κ1) is 16.5. The lowest BCUT2D eigenvalue weighted by molar-refractivity contribution is -0.135. The Morgan fingerprint density at radius 3 is 2.52 bits per heavy atom. The first-order valence-electron chi connectivity index (χ1n) is 6.93. The van der Waals surface area contributed by atoms with Crippen LogP contribution in [-0.2, 0) is 16.0 Å². The molecule has 6 heteroatoms. The van der Waals surface area contributed by atoms with Gasteiger partial charge in [0.05, 0.1) is 13.5 Å². The maximum atomic E-state index is 13.0. The summed E-state index contributed by atoms with van der Waals surface area (Å²) in [5.74, 6) is -0.730. The second kappa shape index (κ2) is 7.93. The third-order valence-electron chi connectivity index (χ3n) is 2.98. The van der Waals surface area contributed by atoms with Gasteiger partial charge in [-0.25, -0.2) is 9.18 Å². The highest BCUT2D eigenvalue weighted by molar-refractivity contribution is 5.84. The van der Waals surface area contributed by atoms with Crippen LogP contribution in [0.5, 0.6) is 11.5 Å². The van der Waals surface area contributed by atoms with E-state index in [1.807, 2.05) is 0 Å². The van der Waals surface area contributed by atoms with Crippen LogP contribution >= 0.6 is 0 Å². The molecule has 0 spiro atoms. The normalized spacial score (nSPS) is 10.0. The second-order valence-corrected chi connectivity index (χ2v) is 4.71. The Balaban J connectivity index is 1.83. The highest BCUT2D eigenvalue weighted by atomic mass is 19.1. The number of halogens is 1. The van der Waals surface area contributed by atoms with Crippen molar-refractivity contribution in [1.29, 1.82) is 0 Å². The fourth-order valence-corrected chi connectivity index (χ4v) is 1.93. The number of para-hydroxylation sites is 2. The van der Waals surface area contributed by atoms with Gasteiger partial charge in [0, 0.05) is 0 Å². The van der Waals surface area contributed by atoms with Crippen LogP contribution in [-0.4, -0.2) is 25.5 Å². The smallest absolute Gasteiger partial charge is 0.330 e. The molecule has 2 aromatic rings. The van der Waals surface area contributed by atoms with Crippen molar-refractivity contribution in [3.63, 3.8) is 0 Å². The molecule has 0 bridgehead atoms. The summed E-state index contributed by atoms with van der Waals surface area (Å²) in [5.41, 5.74) is 0.528. The van der Waals surface area contributed by atoms with Crippen LogP contribution in [0.3, 0.4) is 0 Å². The minimum atomic E-state index is -0.623. The van der Waals surface area contributed by atoms with Crippen LogP contribution in [0.25, 0.3) is 0 Å². The van der Waals surface area contributed by atoms with E-state index in [9.17, 15) is 14.0 Å². The van der Waals surface area contributed by atoms with Crippen molar-refractivity contribution < 1.29 is 23.5 Å². The molecular formula is C17H16FNO4. The number of methoxy groups -OCH3 is 1. The Kier molecular flexibility index (Phi) is 5.68. The van der Waals surface area contributed by atoms with Crippen LogP contribution in [0.15, 0.2) is 48.5 Å². The molecule has 0 saturated heterocycles. The van der Waals surface area contributed by atoms with Gasteiger partial charge in [-0.1, -0.05) is 24.3 Å². The summed E-state index contributed by atoms with van der Waals surface area (Å²) in [6.45, 7) is -0.286. The van der Waals surface area contributed by atoms with Crippen molar-refractivity contribution in [3.8, 4) is 11.5 Å². The zero-order chi connectivity index (χ0) is 16.7. The number of carbonyl (C=O) groups excluding carboxylic acids is 2. The van der Waals surface area contributed by atoms with Crippen molar-refractivity contribution >= 4 is 11.9 Å². The van der Waals surface area contributed by atoms with Crippen molar-refractivity contribution in [3.05, 3.63) is 59.9 Å². The summed E-state index contributed by atoms with van der Waals surface area (Å²) < 4.78 is 23.2. The second-order valence-electron chi connectivity index (χ2n) is 4.71. The highest BCUT2D eigenvalue weighted by Gasteiger charge is 2.11. The third-order valence-corrected chi connectivity index (χ3v) is 2.98. The van der Waals surface area contributed by atoms with Gasteiger partial charge < -0.3 is 14.8 Å². The van der Waals surface area contributed by atoms with E-state index in [0.717, 1.165) is 0 Å². The molecule has 2 aromatic carbocycles. The number of esters is 1. The Hall–Kier alpha value is -2.89. The number of nitrogens with one attached hydrogen (secondary N) is 1. The van der Waals surface area contributed by atoms with Gasteiger partial charge in [0.15, 0.2) is 11.5 Å². The number of hydrogen-bond acceptors (Lipinski definition) is 4. The molecule has 0 aromatic heterocycles. The minimum Gasteiger partial charge on any atom is -0.493 e. The van der Waals surface area contributed by atoms with Gasteiger partial charge in [-0.15, -0.1) is 0 Å². The van der Waals surface area contributed by atoms with Gasteiger partial charge in [0.25, 0.3) is 0 Å². The highest BCUT2D eigenvalue weighted by Crippen LogP contribution is 2.25. The van der Waals surface area contributed by atoms with Gasteiger partial charge in [-0.3, -0.25) is 4.79 Å². The molecule has 1 N–H and O–H groups in total. The van der Waals surface area contributed by atoms with Crippen molar-refractivity contribution in [2.75, 3.05) is 13.7 Å². The lowest BCUT2D eigenvalue weighted by Gasteiger charge is -2.09. The van der Waals surface area contributed by atoms with Crippen LogP contribution in [0.1, 0.15) is 5.56 Å². The monoisotopic (exact) mass is 317 g/mol. The number of benzene rings is 2. The van der Waals surface area contributed by atoms with E-state index in [0.29, 0.717) is 11.3 Å². The van der Waals surface area contributed by atoms with Crippen molar-refractivity contribution in [2.45, 2.75) is 6.42 Å². The predicted molar refractivity (Wildman–Crippen MR) is 81.7 cm³/mol. The van der Waals surface area contributed by atoms with E-state index in [-0.39, 0.29) is 18.7 Å². The van der Waals surface area contributed by atoms with Crippen LogP contribution in [0.2, 0.25) is 0 Å². The first-order chi connectivity index (χ1) is 11.1. The summed E-state index contributed by atoms with van der Waals surface area (Å²) >= 11 is 0. The predicted octanol–water partition coefficient (Wildman–Crippen LogP) is 2.10. The van der Waals surface area contributed by atoms with E-state index >= 15 is 0 Å². The molecule has 0 aliphatic heterocycles. The fourth-order valence-electron chi connectivity index (χ4n) is 1.93. The Bertz CT molecular complexity index is 702. The average molecular weight is 317 g/mol. The van der Waals surface area contributed by atoms with E-state index < -0.39 is 17.7 Å². The van der Waals surface area contributed by atoms with Crippen molar-refractivity contribution in [2.24, 2.45) is 0 Å². The summed E-state index contributed by atoms with van der Waals surface area (Å²) in [6.07, 6.45) is -0.0142. The molecule has 0 unspecified atom stereocenters. The number of hydrogen-bond donors (Lipinski definition) is 1. The molecule has 23 heavy (non-hydrogen) atoms. The zero-order valence-corrected chi connectivity index (χ0v) is 12.5. The number of rotatable bonds is 6. The van der Waals surface area contributed by atoms with E-state index in [1.165, 1.54) is 25.3 Å². The quantitative estimate of drug-likeness (QED) is 0.654. The minimum absolute atomic E-state index is 0.0142. The van der Waals surface area contributed by atoms with Crippen LogP contribution < -0.4 is 14.8 Å². The van der Waals surface area contributed by atoms with Crippen LogP contribution in [0.4, 0.5) is 4.39 Å². The summed E-state index contributed by atoms with van der Waals surface area (Å²) in [6, 6.07) is 12.4. The number of amides is 1. The topological polar surface area (TPSA) is 64.6 Å². The molecule has 0 atom stereocenters. The summed E-state index contributed by atoms with van der Waals surface area (Å²) in [4.78, 5) is 23.5. The molecule has 5 nitrogen and oxygen atoms in total. The SMILES string of the molecule is COc1ccccc1OC(=O)CNC(=O)Cc1cccc(F)c1. The molecule has 0 saturated carbocycles. The van der Waals surface area contributed by atoms with Gasteiger partial charge in [0.2, 0.25) is 5.91 Å². The summed E-state index contributed by atoms with van der Waals surface area (Å²) in [5, 5.41) is 2.43. The Morgan fingerprint density at radius 2 is 1.83 bits per heavy atom. The van der Waals surface area contributed by atoms with Crippen LogP contribution in [0, 0.1) is 5.82 Å². The molecule has 120 valence electrons. The molecule has 0 aliphatic rings. The third kappa shape index (κ3) is 5.10. The van der Waals surface area contributed by atoms with E-state index in [2.05, 4.69) is 5.32 Å². The lowest BCUT2D eigenvalue weighted by atomic mass is 10.1. The maximum Gasteiger partial charge on any atom is 0.330 e. The fraction of sp³-hybridized carbons (Fsp3) is 0.176. The molecule has 2 rings (SSSR count). The van der Waals surface area contributed by atoms with Gasteiger partial charge in [-0.2, -0.15) is 0 Å². The zero-order valence-electron chi connectivity index (χ0n) is 12.5. The van der Waals surface area contributed by atoms with Crippen molar-refractivity contribution in [1.82, 2.24) is 5.32 Å². The summed E-state index contributed by atoms with van der Waals surface area (Å²) in [7, 11) is 1.47. The van der Waals surface area contributed by atoms with E-state index in [4.69, 9.17) is 9.47 Å². The standard InChI is InChI=1S/C17H16FNO4/c1-22-14-7-2-3-8-15(14)23-17(21)11-19-16(20)10-12-5-4-6-13(18)9-12/h2-9H,10-11H2,1H3,(H,19,20). The Morgan fingerprint density at radius 1 is 1.09 bits per heavy atom. The molecule has 0 fully saturated rings.